The number of carboxylic acids is 1. The highest BCUT2D eigenvalue weighted by atomic mass is 35.5. The first-order valence-electron chi connectivity index (χ1n) is 5.60. The number of para-hydroxylation sites is 1. The summed E-state index contributed by atoms with van der Waals surface area (Å²) in [5.74, 6) is -1.05. The van der Waals surface area contributed by atoms with Crippen LogP contribution >= 0.6 is 23.2 Å². The molecule has 0 unspecified atom stereocenters. The van der Waals surface area contributed by atoms with Crippen LogP contribution in [0.2, 0.25) is 10.0 Å². The molecule has 0 aliphatic rings. The monoisotopic (exact) mass is 307 g/mol. The van der Waals surface area contributed by atoms with Crippen molar-refractivity contribution in [3.63, 3.8) is 0 Å². The van der Waals surface area contributed by atoms with E-state index < -0.39 is 5.97 Å². The largest absolute Gasteiger partial charge is 0.478 e. The van der Waals surface area contributed by atoms with Crippen molar-refractivity contribution in [3.05, 3.63) is 52.0 Å². The summed E-state index contributed by atoms with van der Waals surface area (Å²) in [6.07, 6.45) is 0. The average Bonchev–Trinajstić information content (AvgIpc) is 2.80. The molecule has 0 atom stereocenters. The van der Waals surface area contributed by atoms with E-state index in [1.165, 1.54) is 10.7 Å². The van der Waals surface area contributed by atoms with Crippen LogP contribution in [0.15, 0.2) is 36.4 Å². The van der Waals surface area contributed by atoms with E-state index in [9.17, 15) is 9.90 Å². The lowest BCUT2D eigenvalue weighted by Gasteiger charge is -2.05. The van der Waals surface area contributed by atoms with Gasteiger partial charge in [0.2, 0.25) is 0 Å². The first-order valence-corrected chi connectivity index (χ1v) is 6.36. The van der Waals surface area contributed by atoms with Crippen LogP contribution in [0.4, 0.5) is 0 Å². The molecule has 7 heteroatoms. The van der Waals surface area contributed by atoms with E-state index in [0.29, 0.717) is 26.8 Å². The van der Waals surface area contributed by atoms with E-state index >= 15 is 0 Å². The van der Waals surface area contributed by atoms with Crippen LogP contribution in [-0.4, -0.2) is 26.1 Å². The van der Waals surface area contributed by atoms with Gasteiger partial charge in [-0.1, -0.05) is 34.5 Å². The van der Waals surface area contributed by atoms with Crippen molar-refractivity contribution in [1.82, 2.24) is 15.0 Å². The maximum absolute atomic E-state index is 11.3. The summed E-state index contributed by atoms with van der Waals surface area (Å²) in [5, 5.41) is 18.1. The van der Waals surface area contributed by atoms with E-state index in [1.807, 2.05) is 0 Å². The smallest absolute Gasteiger partial charge is 0.337 e. The Morgan fingerprint density at radius 3 is 2.50 bits per heavy atom. The second kappa shape index (κ2) is 4.77. The van der Waals surface area contributed by atoms with Gasteiger partial charge >= 0.3 is 5.97 Å². The molecule has 0 bridgehead atoms. The lowest BCUT2D eigenvalue weighted by atomic mass is 10.2. The van der Waals surface area contributed by atoms with Gasteiger partial charge in [0.05, 0.1) is 11.3 Å². The Balaban J connectivity index is 2.34. The van der Waals surface area contributed by atoms with Crippen LogP contribution in [0.25, 0.3) is 16.7 Å². The second-order valence-corrected chi connectivity index (χ2v) is 4.98. The van der Waals surface area contributed by atoms with Gasteiger partial charge in [0.15, 0.2) is 0 Å². The van der Waals surface area contributed by atoms with Gasteiger partial charge in [0.25, 0.3) is 0 Å². The van der Waals surface area contributed by atoms with Crippen molar-refractivity contribution in [3.8, 4) is 5.69 Å². The lowest BCUT2D eigenvalue weighted by Crippen LogP contribution is -2.03. The molecular formula is C13H7Cl2N3O2. The van der Waals surface area contributed by atoms with Gasteiger partial charge in [0, 0.05) is 10.0 Å². The molecule has 1 aromatic heterocycles. The molecule has 1 heterocycles. The number of nitrogens with zero attached hydrogens (tertiary/aromatic N) is 3. The standard InChI is InChI=1S/C13H7Cl2N3O2/c14-7-4-8(15)6-9(5-7)18-12-10(13(19)20)2-1-3-11(12)16-17-18/h1-6H,(H,19,20). The fourth-order valence-electron chi connectivity index (χ4n) is 1.99. The molecule has 0 amide bonds. The number of carbonyl (C=O) groups is 1. The third kappa shape index (κ3) is 2.11. The Hall–Kier alpha value is -2.11. The molecule has 0 saturated heterocycles. The molecular weight excluding hydrogens is 301 g/mol. The minimum absolute atomic E-state index is 0.114. The molecule has 3 aromatic rings. The molecule has 0 aliphatic heterocycles. The van der Waals surface area contributed by atoms with Crippen LogP contribution in [0.5, 0.6) is 0 Å². The number of halogens is 2. The van der Waals surface area contributed by atoms with Gasteiger partial charge in [-0.2, -0.15) is 0 Å². The number of carboxylic acid groups (broad SMARTS) is 1. The summed E-state index contributed by atoms with van der Waals surface area (Å²) in [5.41, 5.74) is 1.56. The maximum atomic E-state index is 11.3. The van der Waals surface area contributed by atoms with E-state index in [2.05, 4.69) is 10.3 Å². The van der Waals surface area contributed by atoms with Crippen LogP contribution < -0.4 is 0 Å². The summed E-state index contributed by atoms with van der Waals surface area (Å²) < 4.78 is 1.41. The zero-order valence-electron chi connectivity index (χ0n) is 9.92. The normalized spacial score (nSPS) is 10.9. The van der Waals surface area contributed by atoms with Gasteiger partial charge < -0.3 is 5.11 Å². The van der Waals surface area contributed by atoms with Gasteiger partial charge in [-0.05, 0) is 30.3 Å². The topological polar surface area (TPSA) is 68.0 Å². The molecule has 2 aromatic carbocycles. The first-order chi connectivity index (χ1) is 9.56. The maximum Gasteiger partial charge on any atom is 0.337 e. The van der Waals surface area contributed by atoms with Gasteiger partial charge in [-0.3, -0.25) is 0 Å². The van der Waals surface area contributed by atoms with Gasteiger partial charge in [0.1, 0.15) is 11.0 Å². The number of benzene rings is 2. The molecule has 0 fully saturated rings. The fraction of sp³-hybridized carbons (Fsp3) is 0. The number of fused-ring (bicyclic) bond motifs is 1. The highest BCUT2D eigenvalue weighted by Crippen LogP contribution is 2.25. The van der Waals surface area contributed by atoms with Crippen molar-refractivity contribution in [2.45, 2.75) is 0 Å². The Labute approximate surface area is 123 Å². The van der Waals surface area contributed by atoms with Crippen molar-refractivity contribution in [2.24, 2.45) is 0 Å². The highest BCUT2D eigenvalue weighted by Gasteiger charge is 2.16. The van der Waals surface area contributed by atoms with Crippen LogP contribution in [0, 0.1) is 0 Å². The quantitative estimate of drug-likeness (QED) is 0.787. The lowest BCUT2D eigenvalue weighted by molar-refractivity contribution is 0.0698. The Kier molecular flexibility index (Phi) is 3.08. The molecule has 3 rings (SSSR count). The molecule has 0 aliphatic carbocycles. The summed E-state index contributed by atoms with van der Waals surface area (Å²) >= 11 is 11.9. The predicted octanol–water partition coefficient (Wildman–Crippen LogP) is 3.43. The van der Waals surface area contributed by atoms with Crippen LogP contribution in [0.3, 0.4) is 0 Å². The Bertz CT molecular complexity index is 809. The summed E-state index contributed by atoms with van der Waals surface area (Å²) in [6, 6.07) is 9.67. The van der Waals surface area contributed by atoms with E-state index in [0.717, 1.165) is 0 Å². The molecule has 1 N–H and O–H groups in total. The first kappa shape index (κ1) is 12.9. The van der Waals surface area contributed by atoms with E-state index in [1.54, 1.807) is 30.3 Å². The summed E-state index contributed by atoms with van der Waals surface area (Å²) in [6.45, 7) is 0. The predicted molar refractivity (Wildman–Crippen MR) is 75.8 cm³/mol. The van der Waals surface area contributed by atoms with Crippen molar-refractivity contribution >= 4 is 40.2 Å². The molecule has 0 saturated carbocycles. The molecule has 0 radical (unpaired) electrons. The Morgan fingerprint density at radius 2 is 1.85 bits per heavy atom. The third-order valence-corrected chi connectivity index (χ3v) is 3.23. The minimum Gasteiger partial charge on any atom is -0.478 e. The second-order valence-electron chi connectivity index (χ2n) is 4.11. The number of hydrogen-bond acceptors (Lipinski definition) is 3. The third-order valence-electron chi connectivity index (χ3n) is 2.79. The van der Waals surface area contributed by atoms with Crippen molar-refractivity contribution in [1.29, 1.82) is 0 Å². The van der Waals surface area contributed by atoms with Crippen LogP contribution in [-0.2, 0) is 0 Å². The zero-order chi connectivity index (χ0) is 14.3. The van der Waals surface area contributed by atoms with Gasteiger partial charge in [-0.15, -0.1) is 5.10 Å². The summed E-state index contributed by atoms with van der Waals surface area (Å²) in [7, 11) is 0. The number of hydrogen-bond donors (Lipinski definition) is 1. The van der Waals surface area contributed by atoms with E-state index in [4.69, 9.17) is 23.2 Å². The SMILES string of the molecule is O=C(O)c1cccc2nnn(-c3cc(Cl)cc(Cl)c3)c12. The number of rotatable bonds is 2. The average molecular weight is 308 g/mol. The molecule has 0 spiro atoms. The Morgan fingerprint density at radius 1 is 1.15 bits per heavy atom. The minimum atomic E-state index is -1.05. The van der Waals surface area contributed by atoms with Gasteiger partial charge in [-0.25, -0.2) is 9.48 Å². The highest BCUT2D eigenvalue weighted by molar-refractivity contribution is 6.34. The number of aromatic carboxylic acids is 1. The zero-order valence-corrected chi connectivity index (χ0v) is 11.4. The molecule has 20 heavy (non-hydrogen) atoms. The van der Waals surface area contributed by atoms with Crippen molar-refractivity contribution in [2.75, 3.05) is 0 Å². The van der Waals surface area contributed by atoms with Crippen LogP contribution in [0.1, 0.15) is 10.4 Å². The molecule has 100 valence electrons. The molecule has 5 nitrogen and oxygen atoms in total. The van der Waals surface area contributed by atoms with Crippen molar-refractivity contribution < 1.29 is 9.90 Å². The van der Waals surface area contributed by atoms with E-state index in [-0.39, 0.29) is 5.56 Å². The summed E-state index contributed by atoms with van der Waals surface area (Å²) in [4.78, 5) is 11.3. The fourth-order valence-corrected chi connectivity index (χ4v) is 2.50. The number of aromatic nitrogens is 3.